The van der Waals surface area contributed by atoms with Crippen molar-refractivity contribution in [3.05, 3.63) is 35.4 Å². The predicted octanol–water partition coefficient (Wildman–Crippen LogP) is 2.07. The van der Waals surface area contributed by atoms with Crippen LogP contribution in [0, 0.1) is 0 Å². The average molecular weight is 326 g/mol. The van der Waals surface area contributed by atoms with Gasteiger partial charge in [0.1, 0.15) is 5.69 Å². The third-order valence-corrected chi connectivity index (χ3v) is 4.36. The normalized spacial score (nSPS) is 15.2. The van der Waals surface area contributed by atoms with Gasteiger partial charge in [0.15, 0.2) is 5.13 Å². The molecule has 3 rings (SSSR count). The zero-order chi connectivity index (χ0) is 13.8. The van der Waals surface area contributed by atoms with Gasteiger partial charge in [-0.25, -0.2) is 9.97 Å². The third kappa shape index (κ3) is 3.96. The Kier molecular flexibility index (Phi) is 5.60. The van der Waals surface area contributed by atoms with Crippen LogP contribution in [0.2, 0.25) is 0 Å². The molecule has 1 amide bonds. The van der Waals surface area contributed by atoms with Crippen molar-refractivity contribution in [1.82, 2.24) is 20.3 Å². The van der Waals surface area contributed by atoms with Crippen LogP contribution in [-0.2, 0) is 0 Å². The fourth-order valence-electron chi connectivity index (χ4n) is 2.22. The third-order valence-electron chi connectivity index (χ3n) is 3.28. The van der Waals surface area contributed by atoms with Crippen molar-refractivity contribution in [2.75, 3.05) is 18.4 Å². The molecule has 2 N–H and O–H groups in total. The first-order valence-corrected chi connectivity index (χ1v) is 7.38. The molecule has 0 aliphatic carbocycles. The molecular formula is C13H16ClN5OS. The van der Waals surface area contributed by atoms with Crippen LogP contribution in [0.4, 0.5) is 5.13 Å². The number of halogens is 1. The maximum atomic E-state index is 11.9. The minimum atomic E-state index is -0.274. The summed E-state index contributed by atoms with van der Waals surface area (Å²) in [5.41, 5.74) is 0.297. The molecule has 6 nitrogen and oxygen atoms in total. The lowest BCUT2D eigenvalue weighted by molar-refractivity contribution is 0.102. The van der Waals surface area contributed by atoms with Crippen molar-refractivity contribution in [3.8, 4) is 0 Å². The highest BCUT2D eigenvalue weighted by Gasteiger charge is 2.18. The second kappa shape index (κ2) is 7.44. The van der Waals surface area contributed by atoms with E-state index in [9.17, 15) is 4.79 Å². The number of hydrogen-bond donors (Lipinski definition) is 2. The van der Waals surface area contributed by atoms with Crippen molar-refractivity contribution < 1.29 is 4.79 Å². The van der Waals surface area contributed by atoms with Gasteiger partial charge in [0.2, 0.25) is 0 Å². The fraction of sp³-hybridized carbons (Fsp3) is 0.385. The van der Waals surface area contributed by atoms with Crippen LogP contribution in [0.25, 0.3) is 0 Å². The molecule has 0 radical (unpaired) electrons. The fourth-order valence-corrected chi connectivity index (χ4v) is 3.20. The number of amides is 1. The number of anilines is 1. The number of carbonyl (C=O) groups is 1. The number of thiazole rings is 1. The number of nitrogens with zero attached hydrogens (tertiary/aromatic N) is 3. The number of rotatable bonds is 3. The molecule has 3 heterocycles. The first kappa shape index (κ1) is 15.8. The lowest BCUT2D eigenvalue weighted by Gasteiger charge is -2.20. The number of nitrogens with one attached hydrogen (secondary N) is 2. The highest BCUT2D eigenvalue weighted by atomic mass is 35.5. The van der Waals surface area contributed by atoms with Crippen molar-refractivity contribution in [1.29, 1.82) is 0 Å². The van der Waals surface area contributed by atoms with Gasteiger partial charge < -0.3 is 5.32 Å². The van der Waals surface area contributed by atoms with Crippen molar-refractivity contribution in [3.63, 3.8) is 0 Å². The summed E-state index contributed by atoms with van der Waals surface area (Å²) in [7, 11) is 0. The molecule has 1 saturated heterocycles. The van der Waals surface area contributed by atoms with Gasteiger partial charge >= 0.3 is 0 Å². The molecule has 112 valence electrons. The summed E-state index contributed by atoms with van der Waals surface area (Å²) in [6.45, 7) is 2.09. The summed E-state index contributed by atoms with van der Waals surface area (Å²) in [5, 5.41) is 6.73. The van der Waals surface area contributed by atoms with Crippen LogP contribution in [-0.4, -0.2) is 33.9 Å². The van der Waals surface area contributed by atoms with E-state index >= 15 is 0 Å². The summed E-state index contributed by atoms with van der Waals surface area (Å²) < 4.78 is 0. The lowest BCUT2D eigenvalue weighted by Crippen LogP contribution is -2.26. The average Bonchev–Trinajstić information content (AvgIpc) is 2.97. The lowest BCUT2D eigenvalue weighted by atomic mass is 9.97. The quantitative estimate of drug-likeness (QED) is 0.903. The van der Waals surface area contributed by atoms with Crippen molar-refractivity contribution >= 4 is 34.8 Å². The summed E-state index contributed by atoms with van der Waals surface area (Å²) in [6.07, 6.45) is 8.59. The van der Waals surface area contributed by atoms with Crippen molar-refractivity contribution in [2.45, 2.75) is 18.8 Å². The molecule has 0 bridgehead atoms. The molecule has 0 saturated carbocycles. The Morgan fingerprint density at radius 2 is 2.05 bits per heavy atom. The number of aromatic nitrogens is 3. The van der Waals surface area contributed by atoms with E-state index in [0.29, 0.717) is 16.7 Å². The van der Waals surface area contributed by atoms with E-state index in [4.69, 9.17) is 0 Å². The molecule has 2 aromatic rings. The monoisotopic (exact) mass is 325 g/mol. The van der Waals surface area contributed by atoms with E-state index in [1.54, 1.807) is 11.3 Å². The van der Waals surface area contributed by atoms with E-state index in [2.05, 4.69) is 25.6 Å². The molecule has 0 atom stereocenters. The molecule has 1 aliphatic heterocycles. The van der Waals surface area contributed by atoms with Crippen LogP contribution in [0.3, 0.4) is 0 Å². The van der Waals surface area contributed by atoms with E-state index in [0.717, 1.165) is 25.9 Å². The smallest absolute Gasteiger partial charge is 0.277 e. The summed E-state index contributed by atoms with van der Waals surface area (Å²) in [4.78, 5) is 25.3. The second-order valence-corrected chi connectivity index (χ2v) is 5.70. The molecular weight excluding hydrogens is 310 g/mol. The topological polar surface area (TPSA) is 79.8 Å². The van der Waals surface area contributed by atoms with Gasteiger partial charge in [0.05, 0.1) is 6.20 Å². The van der Waals surface area contributed by atoms with Crippen molar-refractivity contribution in [2.24, 2.45) is 0 Å². The van der Waals surface area contributed by atoms with Gasteiger partial charge in [-0.15, -0.1) is 23.7 Å². The highest BCUT2D eigenvalue weighted by Crippen LogP contribution is 2.31. The molecule has 2 aromatic heterocycles. The van der Waals surface area contributed by atoms with Crippen LogP contribution in [0.5, 0.6) is 0 Å². The summed E-state index contributed by atoms with van der Waals surface area (Å²) in [5.74, 6) is 0.278. The van der Waals surface area contributed by atoms with Gasteiger partial charge in [-0.05, 0) is 31.8 Å². The van der Waals surface area contributed by atoms with Crippen LogP contribution < -0.4 is 10.6 Å². The first-order valence-electron chi connectivity index (χ1n) is 6.57. The number of piperidine rings is 1. The molecule has 1 aliphatic rings. The highest BCUT2D eigenvalue weighted by molar-refractivity contribution is 7.15. The van der Waals surface area contributed by atoms with Crippen LogP contribution in [0.1, 0.15) is 34.1 Å². The zero-order valence-corrected chi connectivity index (χ0v) is 12.9. The van der Waals surface area contributed by atoms with Crippen LogP contribution >= 0.6 is 23.7 Å². The molecule has 0 unspecified atom stereocenters. The van der Waals surface area contributed by atoms with Gasteiger partial charge in [-0.2, -0.15) is 0 Å². The molecule has 21 heavy (non-hydrogen) atoms. The van der Waals surface area contributed by atoms with Gasteiger partial charge in [0, 0.05) is 23.5 Å². The van der Waals surface area contributed by atoms with E-state index < -0.39 is 0 Å². The molecule has 0 aromatic carbocycles. The largest absolute Gasteiger partial charge is 0.317 e. The predicted molar refractivity (Wildman–Crippen MR) is 84.2 cm³/mol. The zero-order valence-electron chi connectivity index (χ0n) is 11.3. The Balaban J connectivity index is 0.00000161. The second-order valence-electron chi connectivity index (χ2n) is 4.64. The van der Waals surface area contributed by atoms with E-state index in [1.165, 1.54) is 23.5 Å². The number of carbonyl (C=O) groups excluding carboxylic acids is 1. The van der Waals surface area contributed by atoms with E-state index in [1.807, 2.05) is 6.20 Å². The minimum Gasteiger partial charge on any atom is -0.317 e. The van der Waals surface area contributed by atoms with Gasteiger partial charge in [-0.3, -0.25) is 15.1 Å². The Morgan fingerprint density at radius 1 is 1.24 bits per heavy atom. The Morgan fingerprint density at radius 3 is 2.76 bits per heavy atom. The Labute approximate surface area is 132 Å². The van der Waals surface area contributed by atoms with Gasteiger partial charge in [0.25, 0.3) is 5.91 Å². The summed E-state index contributed by atoms with van der Waals surface area (Å²) >= 11 is 1.54. The van der Waals surface area contributed by atoms with Crippen LogP contribution in [0.15, 0.2) is 24.8 Å². The summed E-state index contributed by atoms with van der Waals surface area (Å²) in [6, 6.07) is 0. The Bertz CT molecular complexity index is 585. The molecule has 0 spiro atoms. The maximum absolute atomic E-state index is 11.9. The minimum absolute atomic E-state index is 0. The standard InChI is InChI=1S/C13H15N5OS.ClH/c19-12(10-7-15-5-6-16-10)18-13-17-8-11(20-13)9-1-3-14-4-2-9;/h5-9,14H,1-4H2,(H,17,18,19);1H. The molecule has 1 fully saturated rings. The Hall–Kier alpha value is -1.57. The maximum Gasteiger partial charge on any atom is 0.277 e. The van der Waals surface area contributed by atoms with E-state index in [-0.39, 0.29) is 18.3 Å². The van der Waals surface area contributed by atoms with Gasteiger partial charge in [-0.1, -0.05) is 0 Å². The SMILES string of the molecule is Cl.O=C(Nc1ncc(C2CCNCC2)s1)c1cnccn1. The first-order chi connectivity index (χ1) is 9.83. The number of hydrogen-bond acceptors (Lipinski definition) is 6. The molecule has 8 heteroatoms.